The molecular weight excluding hydrogens is 318 g/mol. The van der Waals surface area contributed by atoms with Crippen molar-refractivity contribution in [2.75, 3.05) is 7.11 Å². The van der Waals surface area contributed by atoms with Crippen LogP contribution < -0.4 is 9.47 Å². The van der Waals surface area contributed by atoms with Gasteiger partial charge in [0.2, 0.25) is 0 Å². The molecule has 0 spiro atoms. The van der Waals surface area contributed by atoms with Gasteiger partial charge in [-0.2, -0.15) is 0 Å². The molecule has 0 fully saturated rings. The number of halogens is 1. The number of carboxylic acid groups (broad SMARTS) is 1. The summed E-state index contributed by atoms with van der Waals surface area (Å²) in [7, 11) is 1.57. The molecule has 0 aliphatic carbocycles. The Morgan fingerprint density at radius 2 is 2.26 bits per heavy atom. The maximum Gasteiger partial charge on any atom is 0.358 e. The molecular formula is C12H10BrNO5. The van der Waals surface area contributed by atoms with E-state index in [1.807, 2.05) is 0 Å². The minimum Gasteiger partial charge on any atom is -0.497 e. The molecule has 0 aliphatic rings. The highest BCUT2D eigenvalue weighted by molar-refractivity contribution is 9.10. The zero-order valence-electron chi connectivity index (χ0n) is 9.92. The molecule has 0 saturated heterocycles. The highest BCUT2D eigenvalue weighted by Crippen LogP contribution is 2.29. The topological polar surface area (TPSA) is 81.8 Å². The quantitative estimate of drug-likeness (QED) is 0.909. The Labute approximate surface area is 117 Å². The van der Waals surface area contributed by atoms with E-state index in [9.17, 15) is 4.79 Å². The normalized spacial score (nSPS) is 10.2. The molecule has 0 unspecified atom stereocenters. The molecule has 0 radical (unpaired) electrons. The second-order valence-corrected chi connectivity index (χ2v) is 4.42. The van der Waals surface area contributed by atoms with Crippen molar-refractivity contribution in [3.8, 4) is 11.5 Å². The Balaban J connectivity index is 2.03. The number of aromatic nitrogens is 1. The van der Waals surface area contributed by atoms with Crippen LogP contribution in [0.15, 0.2) is 33.3 Å². The van der Waals surface area contributed by atoms with Crippen LogP contribution in [0.4, 0.5) is 0 Å². The summed E-state index contributed by atoms with van der Waals surface area (Å²) in [5.74, 6) is 0.488. The molecule has 0 amide bonds. The number of methoxy groups -OCH3 is 1. The van der Waals surface area contributed by atoms with Gasteiger partial charge in [-0.15, -0.1) is 0 Å². The summed E-state index contributed by atoms with van der Waals surface area (Å²) >= 11 is 3.34. The summed E-state index contributed by atoms with van der Waals surface area (Å²) in [6.07, 6.45) is 0. The van der Waals surface area contributed by atoms with E-state index in [0.29, 0.717) is 17.3 Å². The van der Waals surface area contributed by atoms with E-state index >= 15 is 0 Å². The molecule has 0 bridgehead atoms. The number of rotatable bonds is 5. The number of ether oxygens (including phenoxy) is 2. The van der Waals surface area contributed by atoms with Gasteiger partial charge in [0, 0.05) is 6.07 Å². The van der Waals surface area contributed by atoms with Crippen LogP contribution in [0.1, 0.15) is 16.2 Å². The molecule has 0 saturated carbocycles. The van der Waals surface area contributed by atoms with Gasteiger partial charge in [0.15, 0.2) is 11.5 Å². The Bertz CT molecular complexity index is 596. The van der Waals surface area contributed by atoms with Crippen LogP contribution in [-0.4, -0.2) is 23.3 Å². The summed E-state index contributed by atoms with van der Waals surface area (Å²) in [5.41, 5.74) is -0.146. The van der Waals surface area contributed by atoms with E-state index in [1.165, 1.54) is 6.07 Å². The van der Waals surface area contributed by atoms with Crippen molar-refractivity contribution in [2.24, 2.45) is 0 Å². The van der Waals surface area contributed by atoms with Crippen molar-refractivity contribution in [1.29, 1.82) is 0 Å². The van der Waals surface area contributed by atoms with Crippen molar-refractivity contribution < 1.29 is 23.9 Å². The summed E-state index contributed by atoms with van der Waals surface area (Å²) in [6.45, 7) is 0.0885. The molecule has 1 N–H and O–H groups in total. The van der Waals surface area contributed by atoms with E-state index in [4.69, 9.17) is 19.1 Å². The predicted octanol–water partition coefficient (Wildman–Crippen LogP) is 2.72. The smallest absolute Gasteiger partial charge is 0.358 e. The van der Waals surface area contributed by atoms with Crippen LogP contribution in [0.5, 0.6) is 11.5 Å². The maximum absolute atomic E-state index is 10.6. The minimum atomic E-state index is -1.14. The van der Waals surface area contributed by atoms with Gasteiger partial charge < -0.3 is 19.1 Å². The number of carbonyl (C=O) groups is 1. The van der Waals surface area contributed by atoms with Crippen LogP contribution in [0.25, 0.3) is 0 Å². The van der Waals surface area contributed by atoms with Crippen LogP contribution in [0.3, 0.4) is 0 Å². The van der Waals surface area contributed by atoms with Gasteiger partial charge in [0.05, 0.1) is 11.6 Å². The molecule has 0 atom stereocenters. The predicted molar refractivity (Wildman–Crippen MR) is 68.5 cm³/mol. The van der Waals surface area contributed by atoms with Crippen LogP contribution >= 0.6 is 15.9 Å². The van der Waals surface area contributed by atoms with Gasteiger partial charge in [-0.05, 0) is 34.1 Å². The van der Waals surface area contributed by atoms with Crippen LogP contribution in [0.2, 0.25) is 0 Å². The van der Waals surface area contributed by atoms with E-state index in [-0.39, 0.29) is 12.3 Å². The molecule has 100 valence electrons. The molecule has 1 aromatic carbocycles. The zero-order valence-corrected chi connectivity index (χ0v) is 11.5. The van der Waals surface area contributed by atoms with Crippen LogP contribution in [-0.2, 0) is 6.61 Å². The van der Waals surface area contributed by atoms with Crippen molar-refractivity contribution >= 4 is 21.9 Å². The van der Waals surface area contributed by atoms with Gasteiger partial charge in [-0.3, -0.25) is 0 Å². The maximum atomic E-state index is 10.6. The van der Waals surface area contributed by atoms with E-state index in [1.54, 1.807) is 25.3 Å². The summed E-state index contributed by atoms with van der Waals surface area (Å²) in [5, 5.41) is 12.1. The zero-order chi connectivity index (χ0) is 13.8. The largest absolute Gasteiger partial charge is 0.497 e. The van der Waals surface area contributed by atoms with Gasteiger partial charge >= 0.3 is 5.97 Å². The van der Waals surface area contributed by atoms with E-state index in [2.05, 4.69) is 21.1 Å². The highest BCUT2D eigenvalue weighted by Gasteiger charge is 2.11. The summed E-state index contributed by atoms with van der Waals surface area (Å²) in [4.78, 5) is 10.6. The fourth-order valence-corrected chi connectivity index (χ4v) is 1.83. The molecule has 0 aliphatic heterocycles. The van der Waals surface area contributed by atoms with Gasteiger partial charge in [-0.25, -0.2) is 4.79 Å². The summed E-state index contributed by atoms with van der Waals surface area (Å²) < 4.78 is 16.1. The van der Waals surface area contributed by atoms with Crippen molar-refractivity contribution in [2.45, 2.75) is 6.61 Å². The number of nitrogens with zero attached hydrogens (tertiary/aromatic N) is 1. The second kappa shape index (κ2) is 5.75. The van der Waals surface area contributed by atoms with Gasteiger partial charge in [0.25, 0.3) is 0 Å². The third-order valence-corrected chi connectivity index (χ3v) is 2.91. The highest BCUT2D eigenvalue weighted by atomic mass is 79.9. The molecule has 1 aromatic heterocycles. The first-order valence-corrected chi connectivity index (χ1v) is 6.04. The summed E-state index contributed by atoms with van der Waals surface area (Å²) in [6, 6.07) is 6.57. The molecule has 1 heterocycles. The SMILES string of the molecule is COc1ccc(OCc2cc(C(=O)O)no2)c(Br)c1. The molecule has 2 rings (SSSR count). The Morgan fingerprint density at radius 1 is 1.47 bits per heavy atom. The first-order chi connectivity index (χ1) is 9.10. The first kappa shape index (κ1) is 13.4. The van der Waals surface area contributed by atoms with Crippen molar-refractivity contribution in [3.63, 3.8) is 0 Å². The fraction of sp³-hybridized carbons (Fsp3) is 0.167. The number of benzene rings is 1. The molecule has 7 heteroatoms. The Hall–Kier alpha value is -2.02. The second-order valence-electron chi connectivity index (χ2n) is 3.57. The lowest BCUT2D eigenvalue weighted by molar-refractivity contribution is 0.0685. The average molecular weight is 328 g/mol. The lowest BCUT2D eigenvalue weighted by atomic mass is 10.3. The third-order valence-electron chi connectivity index (χ3n) is 2.29. The Kier molecular flexibility index (Phi) is 4.06. The van der Waals surface area contributed by atoms with E-state index < -0.39 is 5.97 Å². The first-order valence-electron chi connectivity index (χ1n) is 5.25. The average Bonchev–Trinajstić information content (AvgIpc) is 2.86. The van der Waals surface area contributed by atoms with Crippen LogP contribution in [0, 0.1) is 0 Å². The number of aromatic carboxylic acids is 1. The molecule has 2 aromatic rings. The number of hydrogen-bond acceptors (Lipinski definition) is 5. The fourth-order valence-electron chi connectivity index (χ4n) is 1.36. The monoisotopic (exact) mass is 327 g/mol. The number of carboxylic acids is 1. The number of hydrogen-bond donors (Lipinski definition) is 1. The minimum absolute atomic E-state index is 0.0885. The van der Waals surface area contributed by atoms with Gasteiger partial charge in [-0.1, -0.05) is 5.16 Å². The third kappa shape index (κ3) is 3.25. The Morgan fingerprint density at radius 3 is 2.84 bits per heavy atom. The standard InChI is InChI=1S/C12H10BrNO5/c1-17-7-2-3-11(9(13)4-7)18-6-8-5-10(12(15)16)14-19-8/h2-5H,6H2,1H3,(H,15,16). The lowest BCUT2D eigenvalue weighted by Crippen LogP contribution is -1.96. The molecule has 19 heavy (non-hydrogen) atoms. The van der Waals surface area contributed by atoms with Crippen molar-refractivity contribution in [3.05, 3.63) is 40.2 Å². The van der Waals surface area contributed by atoms with Crippen molar-refractivity contribution in [1.82, 2.24) is 5.16 Å². The lowest BCUT2D eigenvalue weighted by Gasteiger charge is -2.07. The molecule has 6 nitrogen and oxygen atoms in total. The van der Waals surface area contributed by atoms with E-state index in [0.717, 1.165) is 4.47 Å². The van der Waals surface area contributed by atoms with Gasteiger partial charge in [0.1, 0.15) is 18.1 Å².